The number of aromatic nitrogens is 3. The van der Waals surface area contributed by atoms with Crippen molar-refractivity contribution in [3.05, 3.63) is 35.1 Å². The first-order valence-corrected chi connectivity index (χ1v) is 7.48. The molecule has 112 valence electrons. The Bertz CT molecular complexity index is 583. The van der Waals surface area contributed by atoms with Gasteiger partial charge >= 0.3 is 0 Å². The van der Waals surface area contributed by atoms with E-state index < -0.39 is 0 Å². The second-order valence-electron chi connectivity index (χ2n) is 5.08. The van der Waals surface area contributed by atoms with Crippen LogP contribution in [0, 0.1) is 0 Å². The van der Waals surface area contributed by atoms with Crippen LogP contribution in [-0.4, -0.2) is 21.5 Å². The Morgan fingerprint density at radius 1 is 1.05 bits per heavy atom. The molecule has 1 heterocycles. The van der Waals surface area contributed by atoms with Gasteiger partial charge in [0.2, 0.25) is 17.2 Å². The van der Waals surface area contributed by atoms with Crippen LogP contribution in [0.25, 0.3) is 0 Å². The van der Waals surface area contributed by atoms with E-state index in [-0.39, 0.29) is 5.28 Å². The summed E-state index contributed by atoms with van der Waals surface area (Å²) in [5.41, 5.74) is 2.21. The fourth-order valence-corrected chi connectivity index (χ4v) is 1.96. The van der Waals surface area contributed by atoms with Crippen molar-refractivity contribution in [2.24, 2.45) is 0 Å². The Balaban J connectivity index is 2.12. The monoisotopic (exact) mass is 305 g/mol. The van der Waals surface area contributed by atoms with Gasteiger partial charge in [-0.25, -0.2) is 0 Å². The highest BCUT2D eigenvalue weighted by Crippen LogP contribution is 2.20. The van der Waals surface area contributed by atoms with Gasteiger partial charge in [0.05, 0.1) is 0 Å². The summed E-state index contributed by atoms with van der Waals surface area (Å²) in [6.45, 7) is 7.20. The minimum Gasteiger partial charge on any atom is -0.354 e. The van der Waals surface area contributed by atoms with E-state index in [1.165, 1.54) is 5.56 Å². The topological polar surface area (TPSA) is 62.7 Å². The summed E-state index contributed by atoms with van der Waals surface area (Å²) in [7, 11) is 0. The van der Waals surface area contributed by atoms with Crippen molar-refractivity contribution >= 4 is 29.2 Å². The normalized spacial score (nSPS) is 10.7. The molecule has 0 amide bonds. The first-order valence-electron chi connectivity index (χ1n) is 7.11. The van der Waals surface area contributed by atoms with Gasteiger partial charge in [0.25, 0.3) is 0 Å². The molecule has 1 aromatic heterocycles. The Hall–Kier alpha value is -1.88. The first kappa shape index (κ1) is 15.5. The molecule has 1 aromatic carbocycles. The number of anilines is 3. The molecule has 2 N–H and O–H groups in total. The maximum Gasteiger partial charge on any atom is 0.233 e. The highest BCUT2D eigenvalue weighted by atomic mass is 35.5. The molecule has 0 spiro atoms. The van der Waals surface area contributed by atoms with E-state index in [0.29, 0.717) is 17.8 Å². The van der Waals surface area contributed by atoms with Gasteiger partial charge in [-0.05, 0) is 41.6 Å². The molecule has 0 unspecified atom stereocenters. The second-order valence-corrected chi connectivity index (χ2v) is 5.42. The SMILES string of the molecule is CCCNc1nc(Cl)nc(Nc2ccc(C(C)C)cc2)n1. The molecule has 2 rings (SSSR count). The molecule has 0 aliphatic heterocycles. The minimum absolute atomic E-state index is 0.171. The van der Waals surface area contributed by atoms with Gasteiger partial charge in [-0.2, -0.15) is 15.0 Å². The van der Waals surface area contributed by atoms with E-state index in [0.717, 1.165) is 18.7 Å². The molecule has 0 saturated carbocycles. The quantitative estimate of drug-likeness (QED) is 0.837. The molecular weight excluding hydrogens is 286 g/mol. The molecule has 0 saturated heterocycles. The van der Waals surface area contributed by atoms with Crippen LogP contribution in [0.3, 0.4) is 0 Å². The summed E-state index contributed by atoms with van der Waals surface area (Å²) in [4.78, 5) is 12.4. The molecule has 6 heteroatoms. The predicted molar refractivity (Wildman–Crippen MR) is 87.4 cm³/mol. The average molecular weight is 306 g/mol. The van der Waals surface area contributed by atoms with Crippen molar-refractivity contribution in [2.45, 2.75) is 33.1 Å². The molecule has 0 fully saturated rings. The largest absolute Gasteiger partial charge is 0.354 e. The molecule has 0 aliphatic rings. The van der Waals surface area contributed by atoms with Crippen LogP contribution in [-0.2, 0) is 0 Å². The van der Waals surface area contributed by atoms with E-state index in [4.69, 9.17) is 11.6 Å². The zero-order valence-electron chi connectivity index (χ0n) is 12.5. The number of rotatable bonds is 6. The van der Waals surface area contributed by atoms with Crippen molar-refractivity contribution < 1.29 is 0 Å². The van der Waals surface area contributed by atoms with Gasteiger partial charge in [0.15, 0.2) is 0 Å². The predicted octanol–water partition coefficient (Wildman–Crippen LogP) is 4.21. The number of nitrogens with zero attached hydrogens (tertiary/aromatic N) is 3. The van der Waals surface area contributed by atoms with Gasteiger partial charge in [-0.3, -0.25) is 0 Å². The minimum atomic E-state index is 0.171. The zero-order chi connectivity index (χ0) is 15.2. The van der Waals surface area contributed by atoms with E-state index >= 15 is 0 Å². The summed E-state index contributed by atoms with van der Waals surface area (Å²) in [5.74, 6) is 1.43. The highest BCUT2D eigenvalue weighted by Gasteiger charge is 2.05. The van der Waals surface area contributed by atoms with Crippen molar-refractivity contribution in [2.75, 3.05) is 17.2 Å². The molecule has 5 nitrogen and oxygen atoms in total. The molecular formula is C15H20ClN5. The third kappa shape index (κ3) is 4.56. The summed E-state index contributed by atoms with van der Waals surface area (Å²) in [6, 6.07) is 8.19. The molecule has 0 aliphatic carbocycles. The Kier molecular flexibility index (Phi) is 5.33. The lowest BCUT2D eigenvalue weighted by atomic mass is 10.0. The van der Waals surface area contributed by atoms with Gasteiger partial charge < -0.3 is 10.6 Å². The van der Waals surface area contributed by atoms with Gasteiger partial charge in [-0.15, -0.1) is 0 Å². The standard InChI is InChI=1S/C15H20ClN5/c1-4-9-17-14-19-13(16)20-15(21-14)18-12-7-5-11(6-8-12)10(2)3/h5-8,10H,4,9H2,1-3H3,(H2,17,18,19,20,21). The van der Waals surface area contributed by atoms with E-state index in [1.54, 1.807) is 0 Å². The van der Waals surface area contributed by atoms with Gasteiger partial charge in [-0.1, -0.05) is 32.9 Å². The number of nitrogens with one attached hydrogen (secondary N) is 2. The van der Waals surface area contributed by atoms with Crippen LogP contribution in [0.5, 0.6) is 0 Å². The highest BCUT2D eigenvalue weighted by molar-refractivity contribution is 6.28. The molecule has 0 radical (unpaired) electrons. The fourth-order valence-electron chi connectivity index (χ4n) is 1.80. The van der Waals surface area contributed by atoms with E-state index in [9.17, 15) is 0 Å². The average Bonchev–Trinajstić information content (AvgIpc) is 2.45. The van der Waals surface area contributed by atoms with E-state index in [2.05, 4.69) is 58.5 Å². The molecule has 21 heavy (non-hydrogen) atoms. The summed E-state index contributed by atoms with van der Waals surface area (Å²) >= 11 is 5.92. The number of halogens is 1. The Morgan fingerprint density at radius 3 is 2.33 bits per heavy atom. The van der Waals surface area contributed by atoms with Crippen LogP contribution in [0.15, 0.2) is 24.3 Å². The van der Waals surface area contributed by atoms with Crippen LogP contribution in [0.2, 0.25) is 5.28 Å². The Labute approximate surface area is 130 Å². The number of benzene rings is 1. The second kappa shape index (κ2) is 7.22. The first-order chi connectivity index (χ1) is 10.1. The smallest absolute Gasteiger partial charge is 0.233 e. The lowest BCUT2D eigenvalue weighted by molar-refractivity contribution is 0.867. The number of hydrogen-bond acceptors (Lipinski definition) is 5. The molecule has 0 atom stereocenters. The van der Waals surface area contributed by atoms with Gasteiger partial charge in [0, 0.05) is 12.2 Å². The van der Waals surface area contributed by atoms with Crippen LogP contribution in [0.1, 0.15) is 38.7 Å². The van der Waals surface area contributed by atoms with Crippen molar-refractivity contribution in [1.29, 1.82) is 0 Å². The number of hydrogen-bond donors (Lipinski definition) is 2. The summed E-state index contributed by atoms with van der Waals surface area (Å²) in [6.07, 6.45) is 0.989. The van der Waals surface area contributed by atoms with Crippen molar-refractivity contribution in [3.8, 4) is 0 Å². The van der Waals surface area contributed by atoms with Crippen LogP contribution < -0.4 is 10.6 Å². The lowest BCUT2D eigenvalue weighted by Crippen LogP contribution is -2.07. The maximum atomic E-state index is 5.92. The third-order valence-corrected chi connectivity index (χ3v) is 3.14. The van der Waals surface area contributed by atoms with Crippen LogP contribution in [0.4, 0.5) is 17.6 Å². The summed E-state index contributed by atoms with van der Waals surface area (Å²) in [5, 5.41) is 6.41. The fraction of sp³-hybridized carbons (Fsp3) is 0.400. The third-order valence-electron chi connectivity index (χ3n) is 2.97. The molecule has 0 bridgehead atoms. The zero-order valence-corrected chi connectivity index (χ0v) is 13.3. The lowest BCUT2D eigenvalue weighted by Gasteiger charge is -2.09. The van der Waals surface area contributed by atoms with Gasteiger partial charge in [0.1, 0.15) is 0 Å². The van der Waals surface area contributed by atoms with Crippen molar-refractivity contribution in [3.63, 3.8) is 0 Å². The summed E-state index contributed by atoms with van der Waals surface area (Å²) < 4.78 is 0. The molecule has 2 aromatic rings. The maximum absolute atomic E-state index is 5.92. The van der Waals surface area contributed by atoms with Crippen molar-refractivity contribution in [1.82, 2.24) is 15.0 Å². The van der Waals surface area contributed by atoms with Crippen LogP contribution >= 0.6 is 11.6 Å². The Morgan fingerprint density at radius 2 is 1.71 bits per heavy atom. The van der Waals surface area contributed by atoms with E-state index in [1.807, 2.05) is 12.1 Å².